The Morgan fingerprint density at radius 1 is 1.14 bits per heavy atom. The highest BCUT2D eigenvalue weighted by atomic mass is 35.5. The van der Waals surface area contributed by atoms with Gasteiger partial charge >= 0.3 is 0 Å². The second-order valence-electron chi connectivity index (χ2n) is 5.15. The predicted molar refractivity (Wildman–Crippen MR) is 96.4 cm³/mol. The maximum Gasteiger partial charge on any atom is 0.119 e. The van der Waals surface area contributed by atoms with E-state index in [0.717, 1.165) is 30.2 Å². The van der Waals surface area contributed by atoms with Gasteiger partial charge in [0.25, 0.3) is 0 Å². The lowest BCUT2D eigenvalue weighted by atomic mass is 10.1. The molecule has 0 aliphatic carbocycles. The monoisotopic (exact) mass is 339 g/mol. The highest BCUT2D eigenvalue weighted by molar-refractivity contribution is 6.31. The maximum atomic E-state index is 6.16. The summed E-state index contributed by atoms with van der Waals surface area (Å²) >= 11 is 6.16. The molecule has 2 aromatic rings. The molecule has 0 aliphatic heterocycles. The second-order valence-corrected chi connectivity index (χ2v) is 5.55. The SMILES string of the molecule is COc1cccc([C@@H](C)NCCCc2ccccc2Cl)c1.Cl. The molecule has 0 heterocycles. The summed E-state index contributed by atoms with van der Waals surface area (Å²) in [6, 6.07) is 16.5. The predicted octanol–water partition coefficient (Wildman–Crippen LogP) is 5.05. The largest absolute Gasteiger partial charge is 0.497 e. The van der Waals surface area contributed by atoms with E-state index in [9.17, 15) is 0 Å². The summed E-state index contributed by atoms with van der Waals surface area (Å²) in [5.41, 5.74) is 2.46. The van der Waals surface area contributed by atoms with Crippen molar-refractivity contribution in [3.05, 3.63) is 64.7 Å². The smallest absolute Gasteiger partial charge is 0.119 e. The number of rotatable bonds is 7. The highest BCUT2D eigenvalue weighted by Gasteiger charge is 2.06. The molecular formula is C18H23Cl2NO. The zero-order chi connectivity index (χ0) is 15.1. The molecule has 0 saturated heterocycles. The zero-order valence-electron chi connectivity index (χ0n) is 13.0. The molecular weight excluding hydrogens is 317 g/mol. The van der Waals surface area contributed by atoms with Crippen LogP contribution in [0.25, 0.3) is 0 Å². The fourth-order valence-corrected chi connectivity index (χ4v) is 2.56. The third-order valence-electron chi connectivity index (χ3n) is 3.63. The van der Waals surface area contributed by atoms with Gasteiger partial charge in [-0.25, -0.2) is 0 Å². The Bertz CT molecular complexity index is 575. The van der Waals surface area contributed by atoms with Crippen molar-refractivity contribution in [2.45, 2.75) is 25.8 Å². The van der Waals surface area contributed by atoms with E-state index >= 15 is 0 Å². The molecule has 2 aromatic carbocycles. The van der Waals surface area contributed by atoms with Crippen LogP contribution in [0.5, 0.6) is 5.75 Å². The van der Waals surface area contributed by atoms with Crippen LogP contribution in [0.15, 0.2) is 48.5 Å². The summed E-state index contributed by atoms with van der Waals surface area (Å²) in [5.74, 6) is 0.900. The fourth-order valence-electron chi connectivity index (χ4n) is 2.33. The van der Waals surface area contributed by atoms with Gasteiger partial charge in [0.05, 0.1) is 7.11 Å². The minimum Gasteiger partial charge on any atom is -0.497 e. The zero-order valence-corrected chi connectivity index (χ0v) is 14.6. The maximum absolute atomic E-state index is 6.16. The number of halogens is 2. The van der Waals surface area contributed by atoms with Gasteiger partial charge in [-0.2, -0.15) is 0 Å². The number of aryl methyl sites for hydroxylation is 1. The number of nitrogens with one attached hydrogen (secondary N) is 1. The van der Waals surface area contributed by atoms with Crippen LogP contribution in [-0.2, 0) is 6.42 Å². The average molecular weight is 340 g/mol. The molecule has 2 nitrogen and oxygen atoms in total. The first-order valence-electron chi connectivity index (χ1n) is 7.31. The minimum absolute atomic E-state index is 0. The van der Waals surface area contributed by atoms with Crippen LogP contribution in [0.4, 0.5) is 0 Å². The van der Waals surface area contributed by atoms with Gasteiger partial charge in [-0.15, -0.1) is 12.4 Å². The van der Waals surface area contributed by atoms with Gasteiger partial charge in [-0.1, -0.05) is 41.9 Å². The van der Waals surface area contributed by atoms with Crippen LogP contribution >= 0.6 is 24.0 Å². The third-order valence-corrected chi connectivity index (χ3v) is 3.99. The molecule has 0 bridgehead atoms. The third kappa shape index (κ3) is 5.53. The molecule has 0 radical (unpaired) electrons. The molecule has 2 rings (SSSR count). The molecule has 0 unspecified atom stereocenters. The molecule has 1 atom stereocenters. The Hall–Kier alpha value is -1.22. The number of hydrogen-bond acceptors (Lipinski definition) is 2. The van der Waals surface area contributed by atoms with E-state index < -0.39 is 0 Å². The van der Waals surface area contributed by atoms with E-state index in [0.29, 0.717) is 6.04 Å². The van der Waals surface area contributed by atoms with Crippen LogP contribution in [0, 0.1) is 0 Å². The van der Waals surface area contributed by atoms with Crippen LogP contribution in [0.1, 0.15) is 30.5 Å². The molecule has 1 N–H and O–H groups in total. The van der Waals surface area contributed by atoms with E-state index in [1.54, 1.807) is 7.11 Å². The lowest BCUT2D eigenvalue weighted by molar-refractivity contribution is 0.413. The first-order chi connectivity index (χ1) is 10.2. The lowest BCUT2D eigenvalue weighted by Crippen LogP contribution is -2.20. The highest BCUT2D eigenvalue weighted by Crippen LogP contribution is 2.19. The summed E-state index contributed by atoms with van der Waals surface area (Å²) in [6.45, 7) is 3.13. The summed E-state index contributed by atoms with van der Waals surface area (Å²) in [5, 5.41) is 4.40. The number of ether oxygens (including phenoxy) is 1. The summed E-state index contributed by atoms with van der Waals surface area (Å²) in [7, 11) is 1.70. The summed E-state index contributed by atoms with van der Waals surface area (Å²) in [4.78, 5) is 0. The molecule has 0 aromatic heterocycles. The first kappa shape index (κ1) is 18.8. The van der Waals surface area contributed by atoms with Crippen molar-refractivity contribution in [2.75, 3.05) is 13.7 Å². The van der Waals surface area contributed by atoms with Crippen LogP contribution in [0.3, 0.4) is 0 Å². The van der Waals surface area contributed by atoms with Gasteiger partial charge in [-0.3, -0.25) is 0 Å². The number of benzene rings is 2. The van der Waals surface area contributed by atoms with Crippen LogP contribution in [-0.4, -0.2) is 13.7 Å². The van der Waals surface area contributed by atoms with Crippen LogP contribution < -0.4 is 10.1 Å². The number of methoxy groups -OCH3 is 1. The van der Waals surface area contributed by atoms with Crippen molar-refractivity contribution >= 4 is 24.0 Å². The van der Waals surface area contributed by atoms with Gasteiger partial charge < -0.3 is 10.1 Å². The van der Waals surface area contributed by atoms with E-state index in [2.05, 4.69) is 30.4 Å². The second kappa shape index (κ2) is 9.73. The molecule has 22 heavy (non-hydrogen) atoms. The van der Waals surface area contributed by atoms with Gasteiger partial charge in [0, 0.05) is 11.1 Å². The molecule has 120 valence electrons. The van der Waals surface area contributed by atoms with Gasteiger partial charge in [0.15, 0.2) is 0 Å². The Kier molecular flexibility index (Phi) is 8.32. The van der Waals surface area contributed by atoms with Crippen LogP contribution in [0.2, 0.25) is 5.02 Å². The lowest BCUT2D eigenvalue weighted by Gasteiger charge is -2.15. The topological polar surface area (TPSA) is 21.3 Å². The molecule has 0 saturated carbocycles. The van der Waals surface area contributed by atoms with E-state index in [4.69, 9.17) is 16.3 Å². The quantitative estimate of drug-likeness (QED) is 0.712. The van der Waals surface area contributed by atoms with Crippen molar-refractivity contribution in [2.24, 2.45) is 0 Å². The average Bonchev–Trinajstić information content (AvgIpc) is 2.53. The number of hydrogen-bond donors (Lipinski definition) is 1. The van der Waals surface area contributed by atoms with Crippen molar-refractivity contribution in [3.8, 4) is 5.75 Å². The Balaban J connectivity index is 0.00000242. The molecule has 0 aliphatic rings. The fraction of sp³-hybridized carbons (Fsp3) is 0.333. The Labute approximate surface area is 144 Å². The first-order valence-corrected chi connectivity index (χ1v) is 7.69. The van der Waals surface area contributed by atoms with Crippen molar-refractivity contribution in [3.63, 3.8) is 0 Å². The summed E-state index contributed by atoms with van der Waals surface area (Å²) < 4.78 is 5.26. The van der Waals surface area contributed by atoms with E-state index in [-0.39, 0.29) is 12.4 Å². The minimum atomic E-state index is 0. The van der Waals surface area contributed by atoms with Crippen molar-refractivity contribution < 1.29 is 4.74 Å². The standard InChI is InChI=1S/C18H22ClNO.ClH/c1-14(16-8-5-10-17(13-16)21-2)20-12-6-9-15-7-3-4-11-18(15)19;/h3-5,7-8,10-11,13-14,20H,6,9,12H2,1-2H3;1H/t14-;/m1./s1. The molecule has 4 heteroatoms. The van der Waals surface area contributed by atoms with Crippen molar-refractivity contribution in [1.82, 2.24) is 5.32 Å². The molecule has 0 fully saturated rings. The van der Waals surface area contributed by atoms with E-state index in [1.807, 2.05) is 30.3 Å². The van der Waals surface area contributed by atoms with Gasteiger partial charge in [-0.05, 0) is 55.6 Å². The van der Waals surface area contributed by atoms with Gasteiger partial charge in [0.1, 0.15) is 5.75 Å². The molecule has 0 amide bonds. The van der Waals surface area contributed by atoms with Crippen molar-refractivity contribution in [1.29, 1.82) is 0 Å². The van der Waals surface area contributed by atoms with E-state index in [1.165, 1.54) is 11.1 Å². The summed E-state index contributed by atoms with van der Waals surface area (Å²) in [6.07, 6.45) is 2.07. The van der Waals surface area contributed by atoms with Gasteiger partial charge in [0.2, 0.25) is 0 Å². The normalized spacial score (nSPS) is 11.6. The Morgan fingerprint density at radius 3 is 2.64 bits per heavy atom. The Morgan fingerprint density at radius 2 is 1.91 bits per heavy atom. The molecule has 0 spiro atoms.